The Kier molecular flexibility index (Phi) is 7.93. The highest BCUT2D eigenvalue weighted by molar-refractivity contribution is 9.10. The molecule has 0 unspecified atom stereocenters. The fourth-order valence-electron chi connectivity index (χ4n) is 3.20. The van der Waals surface area contributed by atoms with Gasteiger partial charge in [-0.3, -0.25) is 4.79 Å². The summed E-state index contributed by atoms with van der Waals surface area (Å²) >= 11 is 3.55. The summed E-state index contributed by atoms with van der Waals surface area (Å²) < 4.78 is 35.3. The lowest BCUT2D eigenvalue weighted by atomic mass is 10.1. The minimum Gasteiger partial charge on any atom is -0.490 e. The summed E-state index contributed by atoms with van der Waals surface area (Å²) in [6.45, 7) is 6.78. The highest BCUT2D eigenvalue weighted by Gasteiger charge is 2.29. The summed E-state index contributed by atoms with van der Waals surface area (Å²) in [6.07, 6.45) is 3.69. The predicted molar refractivity (Wildman–Crippen MR) is 132 cm³/mol. The quantitative estimate of drug-likeness (QED) is 0.375. The third kappa shape index (κ3) is 5.82. The Hall–Kier alpha value is -2.69. The van der Waals surface area contributed by atoms with Crippen LogP contribution in [0.15, 0.2) is 56.4 Å². The normalized spacial score (nSPS) is 15.2. The highest BCUT2D eigenvalue weighted by atomic mass is 79.9. The number of carbonyl (C=O) groups is 1. The van der Waals surface area contributed by atoms with Gasteiger partial charge in [0, 0.05) is 0 Å². The van der Waals surface area contributed by atoms with Crippen molar-refractivity contribution in [1.82, 2.24) is 0 Å². The molecule has 0 aliphatic carbocycles. The minimum atomic E-state index is -3.82. The molecule has 10 heteroatoms. The molecule has 1 heterocycles. The lowest BCUT2D eigenvalue weighted by Gasteiger charge is -2.15. The van der Waals surface area contributed by atoms with Gasteiger partial charge in [0.25, 0.3) is 5.91 Å². The molecule has 1 aliphatic rings. The van der Waals surface area contributed by atoms with Gasteiger partial charge in [0.15, 0.2) is 11.5 Å². The van der Waals surface area contributed by atoms with Crippen molar-refractivity contribution in [2.45, 2.75) is 38.5 Å². The molecule has 1 amide bonds. The summed E-state index contributed by atoms with van der Waals surface area (Å²) in [4.78, 5) is 13.0. The Morgan fingerprint density at radius 3 is 2.45 bits per heavy atom. The number of unbranched alkanes of at least 4 members (excludes halogenated alkanes) is 1. The zero-order valence-electron chi connectivity index (χ0n) is 18.7. The van der Waals surface area contributed by atoms with Crippen LogP contribution >= 0.6 is 15.9 Å². The molecule has 0 bridgehead atoms. The van der Waals surface area contributed by atoms with Crippen molar-refractivity contribution in [3.05, 3.63) is 52.0 Å². The Bertz CT molecular complexity index is 1210. The van der Waals surface area contributed by atoms with Crippen LogP contribution in [0.1, 0.15) is 39.2 Å². The maximum Gasteiger partial charge on any atom is 0.280 e. The number of hydrazone groups is 1. The topological polar surface area (TPSA) is 111 Å². The summed E-state index contributed by atoms with van der Waals surface area (Å²) in [5.74, 6) is 0.894. The smallest absolute Gasteiger partial charge is 0.280 e. The van der Waals surface area contributed by atoms with Crippen molar-refractivity contribution in [3.63, 3.8) is 0 Å². The van der Waals surface area contributed by atoms with Crippen molar-refractivity contribution in [1.29, 1.82) is 0 Å². The van der Waals surface area contributed by atoms with Gasteiger partial charge in [-0.15, -0.1) is 0 Å². The van der Waals surface area contributed by atoms with E-state index in [9.17, 15) is 13.2 Å². The zero-order valence-corrected chi connectivity index (χ0v) is 21.1. The van der Waals surface area contributed by atoms with Crippen molar-refractivity contribution in [2.24, 2.45) is 10.2 Å². The number of hydrogen-bond donors (Lipinski definition) is 1. The van der Waals surface area contributed by atoms with Crippen LogP contribution in [0.25, 0.3) is 6.08 Å². The molecule has 33 heavy (non-hydrogen) atoms. The van der Waals surface area contributed by atoms with Gasteiger partial charge in [-0.1, -0.05) is 13.3 Å². The van der Waals surface area contributed by atoms with E-state index in [1.54, 1.807) is 13.0 Å². The average molecular weight is 536 g/mol. The number of ether oxygens (including phenoxy) is 2. The standard InChI is InChI=1S/C23H26BrN3O5S/c1-4-6-11-32-22-20(24)13-16(14-21(22)31-5-2)12-19-15(3)26-27(23(19)28)17-7-9-18(10-8-17)33(25,29)30/h7-10,12-14H,4-6,11H2,1-3H3,(H2,25,29,30)/b19-12-. The van der Waals surface area contributed by atoms with Crippen LogP contribution in [0.4, 0.5) is 5.69 Å². The number of amides is 1. The number of sulfonamides is 1. The molecule has 0 radical (unpaired) electrons. The molecule has 0 saturated carbocycles. The van der Waals surface area contributed by atoms with Crippen molar-refractivity contribution in [2.75, 3.05) is 18.2 Å². The van der Waals surface area contributed by atoms with Gasteiger partial charge in [0.05, 0.1) is 39.6 Å². The summed E-state index contributed by atoms with van der Waals surface area (Å²) in [7, 11) is -3.82. The van der Waals surface area contributed by atoms with Crippen molar-refractivity contribution < 1.29 is 22.7 Å². The number of nitrogens with zero attached hydrogens (tertiary/aromatic N) is 2. The second-order valence-electron chi connectivity index (χ2n) is 7.36. The second-order valence-corrected chi connectivity index (χ2v) is 9.78. The van der Waals surface area contributed by atoms with Gasteiger partial charge < -0.3 is 9.47 Å². The third-order valence-corrected chi connectivity index (χ3v) is 6.38. The van der Waals surface area contributed by atoms with Crippen molar-refractivity contribution >= 4 is 49.3 Å². The fourth-order valence-corrected chi connectivity index (χ4v) is 4.29. The first-order valence-electron chi connectivity index (χ1n) is 10.5. The predicted octanol–water partition coefficient (Wildman–Crippen LogP) is 4.48. The molecule has 0 fully saturated rings. The Labute approximate surface area is 202 Å². The van der Waals surface area contributed by atoms with E-state index in [1.165, 1.54) is 29.3 Å². The van der Waals surface area contributed by atoms with Crippen LogP contribution in [0, 0.1) is 0 Å². The van der Waals surface area contributed by atoms with Crippen LogP contribution in [-0.4, -0.2) is 33.3 Å². The molecule has 0 atom stereocenters. The van der Waals surface area contributed by atoms with Crippen LogP contribution in [-0.2, 0) is 14.8 Å². The first-order chi connectivity index (χ1) is 15.7. The van der Waals surface area contributed by atoms with Gasteiger partial charge in [-0.2, -0.15) is 10.1 Å². The number of halogens is 1. The number of hydrogen-bond acceptors (Lipinski definition) is 6. The molecule has 2 aromatic rings. The van der Waals surface area contributed by atoms with E-state index in [2.05, 4.69) is 28.0 Å². The minimum absolute atomic E-state index is 0.0380. The third-order valence-electron chi connectivity index (χ3n) is 4.86. The number of primary sulfonamides is 1. The van der Waals surface area contributed by atoms with E-state index in [4.69, 9.17) is 14.6 Å². The fraction of sp³-hybridized carbons (Fsp3) is 0.304. The molecular weight excluding hydrogens is 510 g/mol. The Morgan fingerprint density at radius 1 is 1.15 bits per heavy atom. The van der Waals surface area contributed by atoms with Crippen LogP contribution in [0.2, 0.25) is 0 Å². The molecule has 1 aliphatic heterocycles. The van der Waals surface area contributed by atoms with E-state index in [-0.39, 0.29) is 10.8 Å². The maximum absolute atomic E-state index is 13.1. The number of nitrogens with two attached hydrogens (primary N) is 1. The maximum atomic E-state index is 13.1. The zero-order chi connectivity index (χ0) is 24.2. The molecular formula is C23H26BrN3O5S. The lowest BCUT2D eigenvalue weighted by molar-refractivity contribution is -0.114. The largest absolute Gasteiger partial charge is 0.490 e. The van der Waals surface area contributed by atoms with Gasteiger partial charge in [0.1, 0.15) is 0 Å². The summed E-state index contributed by atoms with van der Waals surface area (Å²) in [6, 6.07) is 9.35. The first kappa shape index (κ1) is 24.9. The van der Waals surface area contributed by atoms with Crippen LogP contribution < -0.4 is 19.6 Å². The number of benzene rings is 2. The average Bonchev–Trinajstić information content (AvgIpc) is 3.03. The SMILES string of the molecule is CCCCOc1c(Br)cc(/C=C2\C(=O)N(c3ccc(S(N)(=O)=O)cc3)N=C2C)cc1OCC. The Balaban J connectivity index is 1.90. The number of rotatable bonds is 9. The molecule has 0 spiro atoms. The van der Waals surface area contributed by atoms with Crippen molar-refractivity contribution in [3.8, 4) is 11.5 Å². The lowest BCUT2D eigenvalue weighted by Crippen LogP contribution is -2.21. The molecule has 3 rings (SSSR count). The van der Waals surface area contributed by atoms with Gasteiger partial charge in [-0.05, 0) is 84.2 Å². The molecule has 2 aromatic carbocycles. The van der Waals surface area contributed by atoms with E-state index in [1.807, 2.05) is 19.1 Å². The first-order valence-corrected chi connectivity index (χ1v) is 12.8. The van der Waals surface area contributed by atoms with E-state index in [0.29, 0.717) is 41.7 Å². The number of carbonyl (C=O) groups excluding carboxylic acids is 1. The molecule has 176 valence electrons. The summed E-state index contributed by atoms with van der Waals surface area (Å²) in [5, 5.41) is 10.7. The molecule has 0 aromatic heterocycles. The van der Waals surface area contributed by atoms with E-state index >= 15 is 0 Å². The monoisotopic (exact) mass is 535 g/mol. The van der Waals surface area contributed by atoms with Crippen LogP contribution in [0.5, 0.6) is 11.5 Å². The summed E-state index contributed by atoms with van der Waals surface area (Å²) in [5.41, 5.74) is 2.14. The second kappa shape index (κ2) is 10.5. The van der Waals surface area contributed by atoms with E-state index in [0.717, 1.165) is 22.9 Å². The van der Waals surface area contributed by atoms with Gasteiger partial charge in [-0.25, -0.2) is 13.6 Å². The Morgan fingerprint density at radius 2 is 1.85 bits per heavy atom. The molecule has 0 saturated heterocycles. The van der Waals surface area contributed by atoms with E-state index < -0.39 is 10.0 Å². The number of anilines is 1. The van der Waals surface area contributed by atoms with Gasteiger partial charge >= 0.3 is 0 Å². The molecule has 2 N–H and O–H groups in total. The molecule has 8 nitrogen and oxygen atoms in total. The van der Waals surface area contributed by atoms with Crippen LogP contribution in [0.3, 0.4) is 0 Å². The van der Waals surface area contributed by atoms with Gasteiger partial charge in [0.2, 0.25) is 10.0 Å². The highest BCUT2D eigenvalue weighted by Crippen LogP contribution is 2.38.